The number of aromatic nitrogens is 2. The third-order valence-corrected chi connectivity index (χ3v) is 2.07. The molecule has 1 aromatic heterocycles. The van der Waals surface area contributed by atoms with E-state index in [4.69, 9.17) is 5.11 Å². The van der Waals surface area contributed by atoms with Crippen molar-refractivity contribution in [3.8, 4) is 0 Å². The summed E-state index contributed by atoms with van der Waals surface area (Å²) in [5.74, 6) is -0.638. The molecule has 0 aliphatic carbocycles. The molecule has 0 aliphatic heterocycles. The third-order valence-electron chi connectivity index (χ3n) is 2.07. The summed E-state index contributed by atoms with van der Waals surface area (Å²) in [5, 5.41) is 8.83. The highest BCUT2D eigenvalue weighted by atomic mass is 16.4. The van der Waals surface area contributed by atoms with Crippen LogP contribution < -0.4 is 4.90 Å². The second kappa shape index (κ2) is 5.25. The zero-order chi connectivity index (χ0) is 12.1. The maximum Gasteiger partial charge on any atom is 0.354 e. The van der Waals surface area contributed by atoms with Gasteiger partial charge in [0.25, 0.3) is 0 Å². The number of anilines is 1. The fraction of sp³-hybridized carbons (Fsp3) is 0.364. The molecular weight excluding hydrogens is 206 g/mol. The summed E-state index contributed by atoms with van der Waals surface area (Å²) in [4.78, 5) is 20.7. The molecule has 0 aromatic carbocycles. The van der Waals surface area contributed by atoms with Crippen molar-refractivity contribution >= 4 is 11.9 Å². The highest BCUT2D eigenvalue weighted by Gasteiger charge is 2.14. The molecular formula is C11H15N3O2. The van der Waals surface area contributed by atoms with Gasteiger partial charge in [0.15, 0.2) is 5.69 Å². The Morgan fingerprint density at radius 2 is 2.38 bits per heavy atom. The predicted molar refractivity (Wildman–Crippen MR) is 61.7 cm³/mol. The standard InChI is InChI=1S/C11H15N3O2/c1-4-7-14(8(2)3)11-12-6-5-9(13-11)10(15)16/h4-6,8H,1,7H2,2-3H3,(H,15,16). The lowest BCUT2D eigenvalue weighted by atomic mass is 10.3. The van der Waals surface area contributed by atoms with E-state index in [1.54, 1.807) is 6.08 Å². The molecule has 0 unspecified atom stereocenters. The molecule has 1 heterocycles. The molecule has 0 radical (unpaired) electrons. The first-order chi connectivity index (χ1) is 7.56. The molecule has 5 nitrogen and oxygen atoms in total. The van der Waals surface area contributed by atoms with Crippen LogP contribution in [0.25, 0.3) is 0 Å². The van der Waals surface area contributed by atoms with Crippen LogP contribution in [0.4, 0.5) is 5.95 Å². The Balaban J connectivity index is 3.04. The molecule has 86 valence electrons. The van der Waals surface area contributed by atoms with Gasteiger partial charge in [0.2, 0.25) is 5.95 Å². The molecule has 1 aromatic rings. The number of carboxylic acids is 1. The van der Waals surface area contributed by atoms with E-state index in [1.165, 1.54) is 12.3 Å². The van der Waals surface area contributed by atoms with Gasteiger partial charge >= 0.3 is 5.97 Å². The SMILES string of the molecule is C=CCN(c1nccc(C(=O)O)n1)C(C)C. The molecule has 0 atom stereocenters. The molecule has 1 N–H and O–H groups in total. The van der Waals surface area contributed by atoms with E-state index in [2.05, 4.69) is 16.5 Å². The number of carbonyl (C=O) groups is 1. The maximum absolute atomic E-state index is 10.8. The Labute approximate surface area is 94.5 Å². The lowest BCUT2D eigenvalue weighted by Crippen LogP contribution is -2.32. The smallest absolute Gasteiger partial charge is 0.354 e. The summed E-state index contributed by atoms with van der Waals surface area (Å²) in [5.41, 5.74) is -0.000266. The molecule has 0 bridgehead atoms. The minimum atomic E-state index is -1.05. The van der Waals surface area contributed by atoms with Crippen LogP contribution in [0.3, 0.4) is 0 Å². The third kappa shape index (κ3) is 2.79. The van der Waals surface area contributed by atoms with E-state index in [0.717, 1.165) is 0 Å². The summed E-state index contributed by atoms with van der Waals surface area (Å²) < 4.78 is 0. The fourth-order valence-corrected chi connectivity index (χ4v) is 1.27. The predicted octanol–water partition coefficient (Wildman–Crippen LogP) is 1.58. The average Bonchev–Trinajstić information content (AvgIpc) is 2.25. The molecule has 0 saturated carbocycles. The van der Waals surface area contributed by atoms with Gasteiger partial charge in [-0.2, -0.15) is 0 Å². The summed E-state index contributed by atoms with van der Waals surface area (Å²) >= 11 is 0. The van der Waals surface area contributed by atoms with E-state index < -0.39 is 5.97 Å². The van der Waals surface area contributed by atoms with Gasteiger partial charge in [0, 0.05) is 18.8 Å². The molecule has 0 amide bonds. The minimum absolute atomic E-state index is 0.000266. The van der Waals surface area contributed by atoms with Crippen molar-refractivity contribution in [1.29, 1.82) is 0 Å². The number of carboxylic acid groups (broad SMARTS) is 1. The first-order valence-electron chi connectivity index (χ1n) is 5.00. The maximum atomic E-state index is 10.8. The van der Waals surface area contributed by atoms with Crippen LogP contribution in [0.2, 0.25) is 0 Å². The summed E-state index contributed by atoms with van der Waals surface area (Å²) in [6.45, 7) is 8.21. The topological polar surface area (TPSA) is 66.3 Å². The molecule has 5 heteroatoms. The Kier molecular flexibility index (Phi) is 3.99. The zero-order valence-electron chi connectivity index (χ0n) is 9.42. The van der Waals surface area contributed by atoms with Gasteiger partial charge in [-0.25, -0.2) is 14.8 Å². The Hall–Kier alpha value is -1.91. The number of rotatable bonds is 5. The van der Waals surface area contributed by atoms with Crippen molar-refractivity contribution in [1.82, 2.24) is 9.97 Å². The molecule has 0 aliphatic rings. The van der Waals surface area contributed by atoms with Gasteiger partial charge in [-0.3, -0.25) is 0 Å². The van der Waals surface area contributed by atoms with Crippen LogP contribution in [-0.4, -0.2) is 33.6 Å². The fourth-order valence-electron chi connectivity index (χ4n) is 1.27. The van der Waals surface area contributed by atoms with Crippen LogP contribution in [0.1, 0.15) is 24.3 Å². The number of hydrogen-bond donors (Lipinski definition) is 1. The van der Waals surface area contributed by atoms with E-state index in [9.17, 15) is 4.79 Å². The Morgan fingerprint density at radius 3 is 2.88 bits per heavy atom. The molecule has 1 rings (SSSR count). The number of nitrogens with zero attached hydrogens (tertiary/aromatic N) is 3. The van der Waals surface area contributed by atoms with Crippen molar-refractivity contribution in [2.45, 2.75) is 19.9 Å². The summed E-state index contributed by atoms with van der Waals surface area (Å²) in [6.07, 6.45) is 3.18. The summed E-state index contributed by atoms with van der Waals surface area (Å²) in [7, 11) is 0. The van der Waals surface area contributed by atoms with Gasteiger partial charge in [-0.1, -0.05) is 6.08 Å². The number of hydrogen-bond acceptors (Lipinski definition) is 4. The quantitative estimate of drug-likeness (QED) is 0.764. The van der Waals surface area contributed by atoms with E-state index in [-0.39, 0.29) is 11.7 Å². The van der Waals surface area contributed by atoms with Crippen molar-refractivity contribution in [2.24, 2.45) is 0 Å². The first-order valence-corrected chi connectivity index (χ1v) is 5.00. The zero-order valence-corrected chi connectivity index (χ0v) is 9.42. The van der Waals surface area contributed by atoms with E-state index in [0.29, 0.717) is 12.5 Å². The van der Waals surface area contributed by atoms with Crippen LogP contribution >= 0.6 is 0 Å². The Morgan fingerprint density at radius 1 is 1.69 bits per heavy atom. The van der Waals surface area contributed by atoms with Crippen LogP contribution in [0.15, 0.2) is 24.9 Å². The van der Waals surface area contributed by atoms with Gasteiger partial charge in [-0.05, 0) is 19.9 Å². The first kappa shape index (κ1) is 12.2. The number of aromatic carboxylic acids is 1. The van der Waals surface area contributed by atoms with Gasteiger partial charge in [-0.15, -0.1) is 6.58 Å². The normalized spacial score (nSPS) is 10.2. The minimum Gasteiger partial charge on any atom is -0.477 e. The Bertz CT molecular complexity index is 391. The highest BCUT2D eigenvalue weighted by Crippen LogP contribution is 2.11. The second-order valence-electron chi connectivity index (χ2n) is 3.58. The van der Waals surface area contributed by atoms with Gasteiger partial charge < -0.3 is 10.0 Å². The van der Waals surface area contributed by atoms with E-state index >= 15 is 0 Å². The monoisotopic (exact) mass is 221 g/mol. The van der Waals surface area contributed by atoms with Crippen molar-refractivity contribution in [3.05, 3.63) is 30.6 Å². The largest absolute Gasteiger partial charge is 0.477 e. The highest BCUT2D eigenvalue weighted by molar-refractivity contribution is 5.85. The molecule has 0 spiro atoms. The lowest BCUT2D eigenvalue weighted by molar-refractivity contribution is 0.0690. The lowest BCUT2D eigenvalue weighted by Gasteiger charge is -2.25. The van der Waals surface area contributed by atoms with Gasteiger partial charge in [0.1, 0.15) is 0 Å². The van der Waals surface area contributed by atoms with Crippen molar-refractivity contribution in [2.75, 3.05) is 11.4 Å². The van der Waals surface area contributed by atoms with E-state index in [1.807, 2.05) is 18.7 Å². The van der Waals surface area contributed by atoms with Crippen LogP contribution in [0, 0.1) is 0 Å². The molecule has 0 saturated heterocycles. The molecule has 16 heavy (non-hydrogen) atoms. The second-order valence-corrected chi connectivity index (χ2v) is 3.58. The van der Waals surface area contributed by atoms with Crippen molar-refractivity contribution < 1.29 is 9.90 Å². The summed E-state index contributed by atoms with van der Waals surface area (Å²) in [6, 6.07) is 1.56. The average molecular weight is 221 g/mol. The van der Waals surface area contributed by atoms with Gasteiger partial charge in [0.05, 0.1) is 0 Å². The molecule has 0 fully saturated rings. The van der Waals surface area contributed by atoms with Crippen LogP contribution in [-0.2, 0) is 0 Å². The van der Waals surface area contributed by atoms with Crippen molar-refractivity contribution in [3.63, 3.8) is 0 Å². The van der Waals surface area contributed by atoms with Crippen LogP contribution in [0.5, 0.6) is 0 Å².